The van der Waals surface area contributed by atoms with Crippen LogP contribution in [0.15, 0.2) is 54.9 Å². The van der Waals surface area contributed by atoms with E-state index < -0.39 is 6.36 Å². The molecule has 3 nitrogen and oxygen atoms in total. The number of hydrogen-bond donors (Lipinski definition) is 0. The van der Waals surface area contributed by atoms with Crippen molar-refractivity contribution in [3.8, 4) is 16.9 Å². The summed E-state index contributed by atoms with van der Waals surface area (Å²) < 4.78 is 41.8. The quantitative estimate of drug-likeness (QED) is 0.710. The molecule has 0 atom stereocenters. The second kappa shape index (κ2) is 4.56. The molecule has 3 aromatic rings. The highest BCUT2D eigenvalue weighted by Crippen LogP contribution is 2.26. The zero-order valence-electron chi connectivity index (χ0n) is 10.1. The minimum absolute atomic E-state index is 0.230. The van der Waals surface area contributed by atoms with Crippen molar-refractivity contribution in [3.63, 3.8) is 0 Å². The van der Waals surface area contributed by atoms with Gasteiger partial charge in [-0.1, -0.05) is 12.1 Å². The largest absolute Gasteiger partial charge is 0.573 e. The SMILES string of the molecule is FC(F)(F)Oc1ccc(-c2ccn3nccc3c2)cc1. The van der Waals surface area contributed by atoms with E-state index in [0.717, 1.165) is 16.6 Å². The van der Waals surface area contributed by atoms with Gasteiger partial charge in [-0.05, 0) is 41.5 Å². The van der Waals surface area contributed by atoms with E-state index in [1.807, 2.05) is 18.2 Å². The van der Waals surface area contributed by atoms with Gasteiger partial charge in [0.1, 0.15) is 5.75 Å². The first-order valence-corrected chi connectivity index (χ1v) is 5.81. The van der Waals surface area contributed by atoms with Crippen molar-refractivity contribution in [2.75, 3.05) is 0 Å². The fourth-order valence-electron chi connectivity index (χ4n) is 1.95. The predicted molar refractivity (Wildman–Crippen MR) is 67.3 cm³/mol. The molecule has 2 heterocycles. The molecule has 6 heteroatoms. The number of benzene rings is 1. The molecule has 20 heavy (non-hydrogen) atoms. The first-order valence-electron chi connectivity index (χ1n) is 5.81. The highest BCUT2D eigenvalue weighted by Gasteiger charge is 2.30. The Kier molecular flexibility index (Phi) is 2.85. The average Bonchev–Trinajstić information content (AvgIpc) is 2.85. The monoisotopic (exact) mass is 278 g/mol. The van der Waals surface area contributed by atoms with Crippen LogP contribution in [0.3, 0.4) is 0 Å². The predicted octanol–water partition coefficient (Wildman–Crippen LogP) is 3.90. The van der Waals surface area contributed by atoms with Crippen molar-refractivity contribution in [3.05, 3.63) is 54.9 Å². The van der Waals surface area contributed by atoms with Gasteiger partial charge in [-0.2, -0.15) is 5.10 Å². The summed E-state index contributed by atoms with van der Waals surface area (Å²) in [5.74, 6) is -0.230. The van der Waals surface area contributed by atoms with Crippen LogP contribution in [0.25, 0.3) is 16.6 Å². The molecular formula is C14H9F3N2O. The number of rotatable bonds is 2. The van der Waals surface area contributed by atoms with Crippen LogP contribution in [-0.2, 0) is 0 Å². The van der Waals surface area contributed by atoms with Gasteiger partial charge >= 0.3 is 6.36 Å². The van der Waals surface area contributed by atoms with Gasteiger partial charge in [0.05, 0.1) is 5.52 Å². The van der Waals surface area contributed by atoms with Crippen molar-refractivity contribution < 1.29 is 17.9 Å². The molecule has 102 valence electrons. The molecule has 1 aromatic carbocycles. The third kappa shape index (κ3) is 2.59. The number of pyridine rings is 1. The lowest BCUT2D eigenvalue weighted by molar-refractivity contribution is -0.274. The van der Waals surface area contributed by atoms with Gasteiger partial charge < -0.3 is 4.74 Å². The standard InChI is InChI=1S/C14H9F3N2O/c15-14(16,17)20-13-3-1-10(2-4-13)11-6-8-19-12(9-11)5-7-18-19/h1-9H. The molecule has 0 aliphatic rings. The molecule has 0 radical (unpaired) electrons. The van der Waals surface area contributed by atoms with Crippen molar-refractivity contribution in [1.29, 1.82) is 0 Å². The highest BCUT2D eigenvalue weighted by molar-refractivity contribution is 5.69. The van der Waals surface area contributed by atoms with Gasteiger partial charge in [0.2, 0.25) is 0 Å². The normalized spacial score (nSPS) is 11.8. The maximum Gasteiger partial charge on any atom is 0.573 e. The smallest absolute Gasteiger partial charge is 0.406 e. The van der Waals surface area contributed by atoms with Crippen LogP contribution >= 0.6 is 0 Å². The molecule has 0 spiro atoms. The first-order chi connectivity index (χ1) is 9.51. The average molecular weight is 278 g/mol. The van der Waals surface area contributed by atoms with E-state index in [0.29, 0.717) is 0 Å². The van der Waals surface area contributed by atoms with Gasteiger partial charge in [-0.3, -0.25) is 0 Å². The number of nitrogens with zero attached hydrogens (tertiary/aromatic N) is 2. The molecule has 0 aliphatic carbocycles. The number of ether oxygens (including phenoxy) is 1. The van der Waals surface area contributed by atoms with Crippen LogP contribution in [0, 0.1) is 0 Å². The zero-order chi connectivity index (χ0) is 14.2. The maximum absolute atomic E-state index is 12.1. The molecule has 2 aromatic heterocycles. The van der Waals surface area contributed by atoms with E-state index >= 15 is 0 Å². The van der Waals surface area contributed by atoms with E-state index in [9.17, 15) is 13.2 Å². The van der Waals surface area contributed by atoms with Crippen molar-refractivity contribution in [2.45, 2.75) is 6.36 Å². The van der Waals surface area contributed by atoms with Gasteiger partial charge in [0.25, 0.3) is 0 Å². The van der Waals surface area contributed by atoms with Crippen LogP contribution in [-0.4, -0.2) is 16.0 Å². The minimum Gasteiger partial charge on any atom is -0.406 e. The zero-order valence-corrected chi connectivity index (χ0v) is 10.1. The third-order valence-electron chi connectivity index (χ3n) is 2.82. The fraction of sp³-hybridized carbons (Fsp3) is 0.0714. The Hall–Kier alpha value is -2.50. The Labute approximate surface area is 112 Å². The van der Waals surface area contributed by atoms with E-state index in [1.165, 1.54) is 12.1 Å². The van der Waals surface area contributed by atoms with E-state index in [4.69, 9.17) is 0 Å². The maximum atomic E-state index is 12.1. The van der Waals surface area contributed by atoms with Gasteiger partial charge in [-0.15, -0.1) is 13.2 Å². The lowest BCUT2D eigenvalue weighted by Crippen LogP contribution is -2.16. The Bertz CT molecular complexity index is 732. The molecule has 0 bridgehead atoms. The lowest BCUT2D eigenvalue weighted by Gasteiger charge is -2.09. The van der Waals surface area contributed by atoms with Crippen LogP contribution in [0.5, 0.6) is 5.75 Å². The molecule has 3 rings (SSSR count). The summed E-state index contributed by atoms with van der Waals surface area (Å²) in [4.78, 5) is 0. The number of alkyl halides is 3. The first kappa shape index (κ1) is 12.5. The van der Waals surface area contributed by atoms with Gasteiger partial charge in [0.15, 0.2) is 0 Å². The molecule has 0 saturated carbocycles. The summed E-state index contributed by atoms with van der Waals surface area (Å²) >= 11 is 0. The molecule has 0 aliphatic heterocycles. The Balaban J connectivity index is 1.90. The summed E-state index contributed by atoms with van der Waals surface area (Å²) in [6.07, 6.45) is -1.19. The molecule has 0 unspecified atom stereocenters. The fourth-order valence-corrected chi connectivity index (χ4v) is 1.95. The summed E-state index contributed by atoms with van der Waals surface area (Å²) in [5, 5.41) is 4.08. The van der Waals surface area contributed by atoms with Crippen LogP contribution < -0.4 is 4.74 Å². The molecule has 0 saturated heterocycles. The molecule has 0 amide bonds. The summed E-state index contributed by atoms with van der Waals surface area (Å²) in [5.41, 5.74) is 2.62. The molecular weight excluding hydrogens is 269 g/mol. The minimum atomic E-state index is -4.67. The Morgan fingerprint density at radius 2 is 1.70 bits per heavy atom. The second-order valence-electron chi connectivity index (χ2n) is 4.19. The molecule has 0 fully saturated rings. The third-order valence-corrected chi connectivity index (χ3v) is 2.82. The van der Waals surface area contributed by atoms with Crippen molar-refractivity contribution in [2.24, 2.45) is 0 Å². The second-order valence-corrected chi connectivity index (χ2v) is 4.19. The number of aromatic nitrogens is 2. The number of hydrogen-bond acceptors (Lipinski definition) is 2. The topological polar surface area (TPSA) is 26.5 Å². The Morgan fingerprint density at radius 3 is 2.40 bits per heavy atom. The van der Waals surface area contributed by atoms with Gasteiger partial charge in [-0.25, -0.2) is 4.52 Å². The summed E-state index contributed by atoms with van der Waals surface area (Å²) in [6, 6.07) is 11.4. The van der Waals surface area contributed by atoms with E-state index in [-0.39, 0.29) is 5.75 Å². The summed E-state index contributed by atoms with van der Waals surface area (Å²) in [6.45, 7) is 0. The van der Waals surface area contributed by atoms with E-state index in [1.54, 1.807) is 29.0 Å². The van der Waals surface area contributed by atoms with Crippen LogP contribution in [0.1, 0.15) is 0 Å². The Morgan fingerprint density at radius 1 is 0.950 bits per heavy atom. The van der Waals surface area contributed by atoms with Crippen LogP contribution in [0.2, 0.25) is 0 Å². The lowest BCUT2D eigenvalue weighted by atomic mass is 10.1. The highest BCUT2D eigenvalue weighted by atomic mass is 19.4. The van der Waals surface area contributed by atoms with Crippen LogP contribution in [0.4, 0.5) is 13.2 Å². The molecule has 0 N–H and O–H groups in total. The summed E-state index contributed by atoms with van der Waals surface area (Å²) in [7, 11) is 0. The van der Waals surface area contributed by atoms with Gasteiger partial charge in [0, 0.05) is 12.4 Å². The number of fused-ring (bicyclic) bond motifs is 1. The number of halogens is 3. The van der Waals surface area contributed by atoms with Crippen molar-refractivity contribution in [1.82, 2.24) is 9.61 Å². The van der Waals surface area contributed by atoms with Crippen molar-refractivity contribution >= 4 is 5.52 Å². The van der Waals surface area contributed by atoms with E-state index in [2.05, 4.69) is 9.84 Å².